The Morgan fingerprint density at radius 3 is 3.05 bits per heavy atom. The number of fused-ring (bicyclic) bond motifs is 1. The summed E-state index contributed by atoms with van der Waals surface area (Å²) < 4.78 is 0. The molecule has 1 saturated heterocycles. The van der Waals surface area contributed by atoms with Gasteiger partial charge < -0.3 is 19.9 Å². The number of β-amino-alcohol motifs (C(OH)–C–C–N with tert-alkyl or cyclic N) is 1. The van der Waals surface area contributed by atoms with Crippen LogP contribution in [0, 0.1) is 0 Å². The Labute approximate surface area is 128 Å². The Bertz CT molecular complexity index is 645. The van der Waals surface area contributed by atoms with Crippen molar-refractivity contribution < 1.29 is 5.11 Å². The molecule has 2 aromatic heterocycles. The maximum atomic E-state index is 10.8. The molecule has 0 saturated carbocycles. The molecule has 0 amide bonds. The number of imidazole rings is 1. The largest absolute Gasteiger partial charge is 0.387 e. The van der Waals surface area contributed by atoms with E-state index in [0.717, 1.165) is 24.9 Å². The summed E-state index contributed by atoms with van der Waals surface area (Å²) in [6.45, 7) is 1.97. The van der Waals surface area contributed by atoms with Gasteiger partial charge in [-0.05, 0) is 38.5 Å². The molecule has 1 atom stereocenters. The number of H-pyrrole nitrogens is 1. The highest BCUT2D eigenvalue weighted by Crippen LogP contribution is 2.29. The Morgan fingerprint density at radius 1 is 1.48 bits per heavy atom. The summed E-state index contributed by atoms with van der Waals surface area (Å²) in [5.74, 6) is 0.708. The first-order valence-corrected chi connectivity index (χ1v) is 7.33. The van der Waals surface area contributed by atoms with Crippen LogP contribution in [0.4, 0.5) is 5.82 Å². The van der Waals surface area contributed by atoms with Gasteiger partial charge in [0, 0.05) is 19.6 Å². The number of anilines is 1. The van der Waals surface area contributed by atoms with Crippen molar-refractivity contribution in [3.8, 4) is 0 Å². The average molecular weight is 311 g/mol. The van der Waals surface area contributed by atoms with Gasteiger partial charge in [0.05, 0.1) is 11.9 Å². The van der Waals surface area contributed by atoms with Crippen LogP contribution in [-0.2, 0) is 0 Å². The number of nitrogens with zero attached hydrogens (tertiary/aromatic N) is 5. The van der Waals surface area contributed by atoms with Crippen molar-refractivity contribution in [2.45, 2.75) is 18.4 Å². The average Bonchev–Trinajstić information content (AvgIpc) is 2.84. The van der Waals surface area contributed by atoms with E-state index in [4.69, 9.17) is 11.6 Å². The summed E-state index contributed by atoms with van der Waals surface area (Å²) in [6.07, 6.45) is 3.27. The maximum absolute atomic E-state index is 10.8. The van der Waals surface area contributed by atoms with Gasteiger partial charge in [-0.1, -0.05) is 0 Å². The van der Waals surface area contributed by atoms with Crippen molar-refractivity contribution in [2.24, 2.45) is 0 Å². The predicted octanol–water partition coefficient (Wildman–Crippen LogP) is 0.899. The molecule has 114 valence electrons. The molecule has 21 heavy (non-hydrogen) atoms. The molecule has 1 unspecified atom stereocenters. The van der Waals surface area contributed by atoms with Gasteiger partial charge in [-0.15, -0.1) is 0 Å². The summed E-state index contributed by atoms with van der Waals surface area (Å²) in [5, 5.41) is 11.0. The monoisotopic (exact) mass is 310 g/mol. The maximum Gasteiger partial charge on any atom is 0.226 e. The predicted molar refractivity (Wildman–Crippen MR) is 81.6 cm³/mol. The molecule has 3 heterocycles. The van der Waals surface area contributed by atoms with Crippen molar-refractivity contribution in [1.82, 2.24) is 24.8 Å². The van der Waals surface area contributed by atoms with Crippen LogP contribution in [0.25, 0.3) is 11.2 Å². The Kier molecular flexibility index (Phi) is 3.73. The van der Waals surface area contributed by atoms with Crippen LogP contribution in [0.15, 0.2) is 6.33 Å². The second kappa shape index (κ2) is 5.40. The topological polar surface area (TPSA) is 81.2 Å². The van der Waals surface area contributed by atoms with E-state index < -0.39 is 5.60 Å². The zero-order valence-electron chi connectivity index (χ0n) is 12.2. The SMILES string of the molecule is CN(C)CC1(O)CCCN(c2nc(Cl)nc3nc[nH]c23)C1. The van der Waals surface area contributed by atoms with Gasteiger partial charge in [-0.25, -0.2) is 4.98 Å². The number of aliphatic hydroxyl groups is 1. The molecule has 8 heteroatoms. The first kappa shape index (κ1) is 14.5. The van der Waals surface area contributed by atoms with Crippen LogP contribution < -0.4 is 4.90 Å². The number of halogens is 1. The van der Waals surface area contributed by atoms with Gasteiger partial charge in [-0.3, -0.25) is 0 Å². The Hall–Kier alpha value is -1.44. The Morgan fingerprint density at radius 2 is 2.29 bits per heavy atom. The van der Waals surface area contributed by atoms with E-state index >= 15 is 0 Å². The zero-order chi connectivity index (χ0) is 15.0. The van der Waals surface area contributed by atoms with E-state index in [2.05, 4.69) is 24.8 Å². The van der Waals surface area contributed by atoms with Gasteiger partial charge in [0.25, 0.3) is 0 Å². The second-order valence-corrected chi connectivity index (χ2v) is 6.24. The number of hydrogen-bond acceptors (Lipinski definition) is 6. The molecule has 7 nitrogen and oxygen atoms in total. The fraction of sp³-hybridized carbons (Fsp3) is 0.615. The number of aromatic amines is 1. The van der Waals surface area contributed by atoms with Gasteiger partial charge in [0.2, 0.25) is 5.28 Å². The van der Waals surface area contributed by atoms with E-state index in [1.807, 2.05) is 19.0 Å². The van der Waals surface area contributed by atoms with Crippen molar-refractivity contribution in [3.63, 3.8) is 0 Å². The van der Waals surface area contributed by atoms with E-state index in [0.29, 0.717) is 24.6 Å². The van der Waals surface area contributed by atoms with Crippen LogP contribution in [0.1, 0.15) is 12.8 Å². The molecule has 3 rings (SSSR count). The summed E-state index contributed by atoms with van der Waals surface area (Å²) in [7, 11) is 3.93. The van der Waals surface area contributed by atoms with E-state index in [-0.39, 0.29) is 5.28 Å². The molecule has 0 aliphatic carbocycles. The lowest BCUT2D eigenvalue weighted by molar-refractivity contribution is 0.00358. The molecule has 0 spiro atoms. The lowest BCUT2D eigenvalue weighted by Crippen LogP contribution is -2.53. The van der Waals surface area contributed by atoms with E-state index in [1.165, 1.54) is 0 Å². The highest BCUT2D eigenvalue weighted by Gasteiger charge is 2.35. The second-order valence-electron chi connectivity index (χ2n) is 5.90. The number of likely N-dealkylation sites (N-methyl/N-ethyl adjacent to an activating group) is 1. The minimum atomic E-state index is -0.745. The van der Waals surface area contributed by atoms with Gasteiger partial charge in [-0.2, -0.15) is 9.97 Å². The third kappa shape index (κ3) is 2.95. The van der Waals surface area contributed by atoms with Gasteiger partial charge in [0.15, 0.2) is 11.5 Å². The normalized spacial score (nSPS) is 23.2. The lowest BCUT2D eigenvalue weighted by Gasteiger charge is -2.41. The highest BCUT2D eigenvalue weighted by atomic mass is 35.5. The molecule has 1 aliphatic rings. The number of rotatable bonds is 3. The van der Waals surface area contributed by atoms with Crippen LogP contribution >= 0.6 is 11.6 Å². The van der Waals surface area contributed by atoms with Crippen LogP contribution in [0.2, 0.25) is 5.28 Å². The zero-order valence-corrected chi connectivity index (χ0v) is 12.9. The minimum absolute atomic E-state index is 0.173. The third-order valence-electron chi connectivity index (χ3n) is 3.70. The van der Waals surface area contributed by atoms with Gasteiger partial charge >= 0.3 is 0 Å². The standard InChI is InChI=1S/C13H19ClN6O/c1-19(2)6-13(21)4-3-5-20(7-13)11-9-10(16-8-15-9)17-12(14)18-11/h8,21H,3-7H2,1-2H3,(H,15,16,17,18). The summed E-state index contributed by atoms with van der Waals surface area (Å²) >= 11 is 5.98. The Balaban J connectivity index is 1.93. The molecule has 0 bridgehead atoms. The molecule has 2 N–H and O–H groups in total. The number of aromatic nitrogens is 4. The first-order chi connectivity index (χ1) is 9.97. The molecule has 2 aromatic rings. The van der Waals surface area contributed by atoms with Crippen molar-refractivity contribution >= 4 is 28.6 Å². The summed E-state index contributed by atoms with van der Waals surface area (Å²) in [6, 6.07) is 0. The van der Waals surface area contributed by atoms with E-state index in [1.54, 1.807) is 6.33 Å². The molecule has 1 aliphatic heterocycles. The first-order valence-electron chi connectivity index (χ1n) is 6.95. The number of hydrogen-bond donors (Lipinski definition) is 2. The van der Waals surface area contributed by atoms with Crippen LogP contribution in [0.3, 0.4) is 0 Å². The molecule has 0 aromatic carbocycles. The fourth-order valence-electron chi connectivity index (χ4n) is 3.03. The lowest BCUT2D eigenvalue weighted by atomic mass is 9.92. The van der Waals surface area contributed by atoms with Crippen molar-refractivity contribution in [2.75, 3.05) is 38.6 Å². The van der Waals surface area contributed by atoms with Crippen LogP contribution in [0.5, 0.6) is 0 Å². The molecular formula is C13H19ClN6O. The number of nitrogens with one attached hydrogen (secondary N) is 1. The smallest absolute Gasteiger partial charge is 0.226 e. The van der Waals surface area contributed by atoms with E-state index in [9.17, 15) is 5.11 Å². The molecule has 0 radical (unpaired) electrons. The molecule has 1 fully saturated rings. The molecular weight excluding hydrogens is 292 g/mol. The summed E-state index contributed by atoms with van der Waals surface area (Å²) in [4.78, 5) is 19.7. The quantitative estimate of drug-likeness (QED) is 0.820. The van der Waals surface area contributed by atoms with Crippen LogP contribution in [-0.4, -0.2) is 69.3 Å². The van der Waals surface area contributed by atoms with Crippen molar-refractivity contribution in [3.05, 3.63) is 11.6 Å². The number of piperidine rings is 1. The summed E-state index contributed by atoms with van der Waals surface area (Å²) in [5.41, 5.74) is 0.561. The minimum Gasteiger partial charge on any atom is -0.387 e. The fourth-order valence-corrected chi connectivity index (χ4v) is 3.19. The third-order valence-corrected chi connectivity index (χ3v) is 3.87. The van der Waals surface area contributed by atoms with Crippen molar-refractivity contribution in [1.29, 1.82) is 0 Å². The highest BCUT2D eigenvalue weighted by molar-refractivity contribution is 6.28. The van der Waals surface area contributed by atoms with Gasteiger partial charge in [0.1, 0.15) is 5.52 Å².